The van der Waals surface area contributed by atoms with Gasteiger partial charge < -0.3 is 9.47 Å². The summed E-state index contributed by atoms with van der Waals surface area (Å²) in [7, 11) is -1.01. The zero-order valence-electron chi connectivity index (χ0n) is 11.5. The van der Waals surface area contributed by atoms with Gasteiger partial charge >= 0.3 is 0 Å². The molecule has 0 spiro atoms. The van der Waals surface area contributed by atoms with Crippen LogP contribution in [0.15, 0.2) is 45.8 Å². The maximum absolute atomic E-state index is 11.9. The van der Waals surface area contributed by atoms with Crippen molar-refractivity contribution in [2.24, 2.45) is 5.14 Å². The highest BCUT2D eigenvalue weighted by Crippen LogP contribution is 2.38. The lowest BCUT2D eigenvalue weighted by atomic mass is 10.0. The zero-order chi connectivity index (χ0) is 15.6. The van der Waals surface area contributed by atoms with Crippen LogP contribution in [0, 0.1) is 0 Å². The molecular weight excluding hydrogens is 358 g/mol. The maximum Gasteiger partial charge on any atom is 0.242 e. The van der Waals surface area contributed by atoms with Crippen molar-refractivity contribution >= 4 is 26.0 Å². The van der Waals surface area contributed by atoms with E-state index in [1.807, 2.05) is 0 Å². The van der Waals surface area contributed by atoms with Gasteiger partial charge in [-0.3, -0.25) is 0 Å². The summed E-state index contributed by atoms with van der Waals surface area (Å²) >= 11 is 3.41. The predicted octanol–water partition coefficient (Wildman–Crippen LogP) is 2.78. The Balaban J connectivity index is 2.82. The van der Waals surface area contributed by atoms with E-state index in [9.17, 15) is 8.42 Å². The number of rotatable bonds is 4. The Hall–Kier alpha value is -1.57. The summed E-state index contributed by atoms with van der Waals surface area (Å²) in [5.41, 5.74) is 1.10. The second kappa shape index (κ2) is 6.05. The molecule has 7 heteroatoms. The van der Waals surface area contributed by atoms with Crippen molar-refractivity contribution in [3.8, 4) is 22.6 Å². The van der Waals surface area contributed by atoms with Gasteiger partial charge in [-0.2, -0.15) is 0 Å². The van der Waals surface area contributed by atoms with Crippen molar-refractivity contribution < 1.29 is 17.9 Å². The molecule has 0 fully saturated rings. The summed E-state index contributed by atoms with van der Waals surface area (Å²) in [6.07, 6.45) is 0. The highest BCUT2D eigenvalue weighted by Gasteiger charge is 2.22. The van der Waals surface area contributed by atoms with Crippen LogP contribution in [0.2, 0.25) is 0 Å². The first kappa shape index (κ1) is 15.8. The van der Waals surface area contributed by atoms with Gasteiger partial charge in [-0.05, 0) is 24.3 Å². The third-order valence-corrected chi connectivity index (χ3v) is 4.63. The molecule has 0 amide bonds. The molecule has 0 radical (unpaired) electrons. The summed E-state index contributed by atoms with van der Waals surface area (Å²) in [6.45, 7) is 0. The standard InChI is InChI=1S/C14H14BrNO4S/c1-19-9-6-7-12(15)11(8-9)10-4-3-5-13(20-2)14(10)21(16,17)18/h3-8H,1-2H3,(H2,16,17,18). The SMILES string of the molecule is COc1ccc(Br)c(-c2cccc(OC)c2S(N)(=O)=O)c1. The minimum atomic E-state index is -3.95. The van der Waals surface area contributed by atoms with Crippen molar-refractivity contribution in [2.75, 3.05) is 14.2 Å². The normalized spacial score (nSPS) is 11.2. The molecule has 5 nitrogen and oxygen atoms in total. The number of hydrogen-bond acceptors (Lipinski definition) is 4. The Kier molecular flexibility index (Phi) is 4.55. The van der Waals surface area contributed by atoms with Crippen LogP contribution in [0.25, 0.3) is 11.1 Å². The molecule has 21 heavy (non-hydrogen) atoms. The molecular formula is C14H14BrNO4S. The van der Waals surface area contributed by atoms with Crippen molar-refractivity contribution in [1.82, 2.24) is 0 Å². The number of ether oxygens (including phenoxy) is 2. The third kappa shape index (κ3) is 3.20. The lowest BCUT2D eigenvalue weighted by molar-refractivity contribution is 0.403. The van der Waals surface area contributed by atoms with Crippen LogP contribution in [-0.2, 0) is 10.0 Å². The van der Waals surface area contributed by atoms with E-state index in [1.165, 1.54) is 7.11 Å². The van der Waals surface area contributed by atoms with E-state index in [2.05, 4.69) is 15.9 Å². The Morgan fingerprint density at radius 2 is 1.76 bits per heavy atom. The Labute approximate surface area is 131 Å². The van der Waals surface area contributed by atoms with Crippen LogP contribution in [0.5, 0.6) is 11.5 Å². The topological polar surface area (TPSA) is 78.6 Å². The number of methoxy groups -OCH3 is 2. The summed E-state index contributed by atoms with van der Waals surface area (Å²) in [5, 5.41) is 5.34. The fraction of sp³-hybridized carbons (Fsp3) is 0.143. The largest absolute Gasteiger partial charge is 0.497 e. The van der Waals surface area contributed by atoms with Gasteiger partial charge in [-0.15, -0.1) is 0 Å². The lowest BCUT2D eigenvalue weighted by Crippen LogP contribution is -2.15. The first-order valence-corrected chi connectivity index (χ1v) is 8.26. The number of hydrogen-bond donors (Lipinski definition) is 1. The van der Waals surface area contributed by atoms with Crippen LogP contribution < -0.4 is 14.6 Å². The molecule has 0 aliphatic carbocycles. The van der Waals surface area contributed by atoms with Crippen LogP contribution in [-0.4, -0.2) is 22.6 Å². The fourth-order valence-electron chi connectivity index (χ4n) is 2.02. The molecule has 0 atom stereocenters. The number of sulfonamides is 1. The molecule has 2 rings (SSSR count). The minimum Gasteiger partial charge on any atom is -0.497 e. The highest BCUT2D eigenvalue weighted by atomic mass is 79.9. The molecule has 0 aliphatic heterocycles. The molecule has 0 aliphatic rings. The summed E-state index contributed by atoms with van der Waals surface area (Å²) in [5.74, 6) is 0.807. The molecule has 2 aromatic carbocycles. The third-order valence-electron chi connectivity index (χ3n) is 2.95. The Morgan fingerprint density at radius 3 is 2.33 bits per heavy atom. The first-order valence-electron chi connectivity index (χ1n) is 5.92. The molecule has 0 heterocycles. The van der Waals surface area contributed by atoms with Gasteiger partial charge in [0.2, 0.25) is 10.0 Å². The molecule has 0 bridgehead atoms. The number of halogens is 1. The smallest absolute Gasteiger partial charge is 0.242 e. The van der Waals surface area contributed by atoms with Crippen molar-refractivity contribution in [3.05, 3.63) is 40.9 Å². The molecule has 0 unspecified atom stereocenters. The van der Waals surface area contributed by atoms with Crippen LogP contribution >= 0.6 is 15.9 Å². The van der Waals surface area contributed by atoms with Crippen molar-refractivity contribution in [3.63, 3.8) is 0 Å². The fourth-order valence-corrected chi connectivity index (χ4v) is 3.40. The lowest BCUT2D eigenvalue weighted by Gasteiger charge is -2.14. The van der Waals surface area contributed by atoms with E-state index in [4.69, 9.17) is 14.6 Å². The van der Waals surface area contributed by atoms with E-state index < -0.39 is 10.0 Å². The van der Waals surface area contributed by atoms with E-state index in [0.29, 0.717) is 16.9 Å². The molecule has 0 aromatic heterocycles. The Bertz CT molecular complexity index is 775. The van der Waals surface area contributed by atoms with Gasteiger partial charge in [0, 0.05) is 15.6 Å². The first-order chi connectivity index (χ1) is 9.88. The van der Waals surface area contributed by atoms with Gasteiger partial charge in [-0.1, -0.05) is 28.1 Å². The van der Waals surface area contributed by atoms with Gasteiger partial charge in [0.1, 0.15) is 16.4 Å². The number of primary sulfonamides is 1. The zero-order valence-corrected chi connectivity index (χ0v) is 13.9. The molecule has 2 aromatic rings. The second-order valence-corrected chi connectivity index (χ2v) is 6.58. The predicted molar refractivity (Wildman–Crippen MR) is 84.1 cm³/mol. The summed E-state index contributed by atoms with van der Waals surface area (Å²) in [6, 6.07) is 10.2. The summed E-state index contributed by atoms with van der Waals surface area (Å²) in [4.78, 5) is -0.0542. The van der Waals surface area contributed by atoms with E-state index in [1.54, 1.807) is 43.5 Å². The van der Waals surface area contributed by atoms with Gasteiger partial charge in [0.05, 0.1) is 14.2 Å². The van der Waals surface area contributed by atoms with Crippen molar-refractivity contribution in [1.29, 1.82) is 0 Å². The number of nitrogens with two attached hydrogens (primary N) is 1. The summed E-state index contributed by atoms with van der Waals surface area (Å²) < 4.78 is 34.9. The highest BCUT2D eigenvalue weighted by molar-refractivity contribution is 9.10. The molecule has 0 saturated heterocycles. The minimum absolute atomic E-state index is 0.0542. The van der Waals surface area contributed by atoms with Gasteiger partial charge in [0.25, 0.3) is 0 Å². The second-order valence-electron chi connectivity index (χ2n) is 4.23. The van der Waals surface area contributed by atoms with E-state index in [-0.39, 0.29) is 10.6 Å². The average Bonchev–Trinajstić information content (AvgIpc) is 2.46. The van der Waals surface area contributed by atoms with Crippen LogP contribution in [0.4, 0.5) is 0 Å². The van der Waals surface area contributed by atoms with E-state index in [0.717, 1.165) is 4.47 Å². The van der Waals surface area contributed by atoms with E-state index >= 15 is 0 Å². The van der Waals surface area contributed by atoms with Crippen LogP contribution in [0.1, 0.15) is 0 Å². The van der Waals surface area contributed by atoms with Crippen LogP contribution in [0.3, 0.4) is 0 Å². The maximum atomic E-state index is 11.9. The van der Waals surface area contributed by atoms with Gasteiger partial charge in [0.15, 0.2) is 0 Å². The molecule has 112 valence electrons. The molecule has 0 saturated carbocycles. The quantitative estimate of drug-likeness (QED) is 0.895. The monoisotopic (exact) mass is 371 g/mol. The van der Waals surface area contributed by atoms with Gasteiger partial charge in [-0.25, -0.2) is 13.6 Å². The average molecular weight is 372 g/mol. The Morgan fingerprint density at radius 1 is 1.05 bits per heavy atom. The number of benzene rings is 2. The van der Waals surface area contributed by atoms with Crippen molar-refractivity contribution in [2.45, 2.75) is 4.90 Å². The molecule has 2 N–H and O–H groups in total.